The van der Waals surface area contributed by atoms with Gasteiger partial charge in [0, 0.05) is 5.56 Å². The van der Waals surface area contributed by atoms with Crippen LogP contribution in [-0.4, -0.2) is 17.9 Å². The van der Waals surface area contributed by atoms with Crippen molar-refractivity contribution in [1.82, 2.24) is 5.32 Å². The predicted octanol–water partition coefficient (Wildman–Crippen LogP) is 5.22. The van der Waals surface area contributed by atoms with E-state index in [0.29, 0.717) is 17.7 Å². The number of Topliss-reactive ketones (excluding diaryl/α,β-unsaturated/α-hetero) is 1. The Morgan fingerprint density at radius 1 is 0.931 bits per heavy atom. The molecule has 1 N–H and O–H groups in total. The first-order valence-electron chi connectivity index (χ1n) is 8.19. The first kappa shape index (κ1) is 22.3. The largest absolute Gasteiger partial charge is 0.445 e. The number of ketones is 1. The molecule has 1 atom stereocenters. The fourth-order valence-electron chi connectivity index (χ4n) is 2.35. The molecule has 0 unspecified atom stereocenters. The van der Waals surface area contributed by atoms with Gasteiger partial charge in [0.15, 0.2) is 5.78 Å². The van der Waals surface area contributed by atoms with Crippen LogP contribution in [0.5, 0.6) is 0 Å². The number of ether oxygens (including phenoxy) is 1. The summed E-state index contributed by atoms with van der Waals surface area (Å²) in [6.07, 6.45) is -11.2. The van der Waals surface area contributed by atoms with E-state index in [1.807, 2.05) is 0 Å². The summed E-state index contributed by atoms with van der Waals surface area (Å²) >= 11 is 0. The molecule has 0 aliphatic heterocycles. The second kappa shape index (κ2) is 8.54. The smallest absolute Gasteiger partial charge is 0.416 e. The minimum atomic E-state index is -5.08. The Morgan fingerprint density at radius 3 is 1.93 bits per heavy atom. The monoisotopic (exact) mass is 419 g/mol. The van der Waals surface area contributed by atoms with Gasteiger partial charge in [-0.15, -0.1) is 0 Å². The van der Waals surface area contributed by atoms with Gasteiger partial charge in [-0.1, -0.05) is 30.3 Å². The fraction of sp³-hybridized carbons (Fsp3) is 0.263. The van der Waals surface area contributed by atoms with E-state index in [9.17, 15) is 35.9 Å². The normalized spacial score (nSPS) is 12.9. The summed E-state index contributed by atoms with van der Waals surface area (Å²) in [4.78, 5) is 24.1. The third-order valence-electron chi connectivity index (χ3n) is 3.81. The number of carbonyl (C=O) groups excluding carboxylic acids is 2. The molecule has 0 saturated carbocycles. The molecule has 1 amide bonds. The van der Waals surface area contributed by atoms with Crippen LogP contribution in [0.15, 0.2) is 48.5 Å². The maximum atomic E-state index is 12.9. The van der Waals surface area contributed by atoms with E-state index in [1.165, 1.54) is 0 Å². The molecular weight excluding hydrogens is 404 g/mol. The molecule has 0 bridgehead atoms. The highest BCUT2D eigenvalue weighted by atomic mass is 19.4. The lowest BCUT2D eigenvalue weighted by molar-refractivity contribution is -0.143. The Bertz CT molecular complexity index is 845. The molecule has 0 saturated heterocycles. The Labute approximate surface area is 161 Å². The second-order valence-electron chi connectivity index (χ2n) is 6.09. The first-order chi connectivity index (χ1) is 13.4. The zero-order valence-electron chi connectivity index (χ0n) is 14.9. The topological polar surface area (TPSA) is 55.4 Å². The van der Waals surface area contributed by atoms with Gasteiger partial charge in [0.1, 0.15) is 6.61 Å². The van der Waals surface area contributed by atoms with Gasteiger partial charge >= 0.3 is 18.4 Å². The molecule has 2 aromatic rings. The highest BCUT2D eigenvalue weighted by molar-refractivity contribution is 6.01. The summed E-state index contributed by atoms with van der Waals surface area (Å²) < 4.78 is 82.3. The zero-order chi connectivity index (χ0) is 21.8. The van der Waals surface area contributed by atoms with Gasteiger partial charge in [-0.05, 0) is 30.7 Å². The average Bonchev–Trinajstić information content (AvgIpc) is 2.64. The molecule has 2 rings (SSSR count). The second-order valence-corrected chi connectivity index (χ2v) is 6.09. The highest BCUT2D eigenvalue weighted by Crippen LogP contribution is 2.36. The molecular formula is C19H15F6NO3. The molecule has 0 aliphatic rings. The van der Waals surface area contributed by atoms with Crippen molar-refractivity contribution in [3.63, 3.8) is 0 Å². The van der Waals surface area contributed by atoms with Gasteiger partial charge in [0.2, 0.25) is 0 Å². The molecule has 0 fully saturated rings. The van der Waals surface area contributed by atoms with E-state index in [0.717, 1.165) is 6.92 Å². The molecule has 29 heavy (non-hydrogen) atoms. The van der Waals surface area contributed by atoms with Crippen LogP contribution in [-0.2, 0) is 23.7 Å². The van der Waals surface area contributed by atoms with Gasteiger partial charge < -0.3 is 10.1 Å². The molecule has 0 spiro atoms. The summed E-state index contributed by atoms with van der Waals surface area (Å²) in [5.74, 6) is -1.13. The maximum Gasteiger partial charge on any atom is 0.416 e. The molecule has 0 aliphatic carbocycles. The van der Waals surface area contributed by atoms with Crippen LogP contribution in [0.2, 0.25) is 0 Å². The third-order valence-corrected chi connectivity index (χ3v) is 3.81. The average molecular weight is 419 g/mol. The Morgan fingerprint density at radius 2 is 1.45 bits per heavy atom. The van der Waals surface area contributed by atoms with Crippen LogP contribution in [0.3, 0.4) is 0 Å². The van der Waals surface area contributed by atoms with E-state index >= 15 is 0 Å². The molecule has 156 valence electrons. The lowest BCUT2D eigenvalue weighted by Gasteiger charge is -2.17. The van der Waals surface area contributed by atoms with Crippen molar-refractivity contribution in [2.45, 2.75) is 31.9 Å². The van der Waals surface area contributed by atoms with Crippen LogP contribution in [0.4, 0.5) is 31.1 Å². The molecule has 0 aromatic heterocycles. The van der Waals surface area contributed by atoms with E-state index in [4.69, 9.17) is 4.74 Å². The zero-order valence-corrected chi connectivity index (χ0v) is 14.9. The summed E-state index contributed by atoms with van der Waals surface area (Å²) in [6, 6.07) is 7.62. The molecule has 4 nitrogen and oxygen atoms in total. The lowest BCUT2D eigenvalue weighted by Crippen LogP contribution is -2.39. The predicted molar refractivity (Wildman–Crippen MR) is 90.0 cm³/mol. The fourth-order valence-corrected chi connectivity index (χ4v) is 2.35. The van der Waals surface area contributed by atoms with Crippen LogP contribution in [0.1, 0.15) is 34.0 Å². The van der Waals surface area contributed by atoms with Crippen molar-refractivity contribution in [3.05, 3.63) is 70.8 Å². The highest BCUT2D eigenvalue weighted by Gasteiger charge is 2.38. The maximum absolute atomic E-state index is 12.9. The van der Waals surface area contributed by atoms with Gasteiger partial charge in [0.05, 0.1) is 17.2 Å². The molecule has 0 heterocycles. The SMILES string of the molecule is C[C@@H](NC(=O)OCc1ccccc1)C(=O)c1cc(C(F)(F)F)cc(C(F)(F)F)c1. The number of halogens is 6. The number of benzene rings is 2. The number of hydrogen-bond donors (Lipinski definition) is 1. The van der Waals surface area contributed by atoms with E-state index in [-0.39, 0.29) is 12.7 Å². The Balaban J connectivity index is 2.14. The van der Waals surface area contributed by atoms with Gasteiger partial charge in [0.25, 0.3) is 0 Å². The standard InChI is InChI=1S/C19H15F6NO3/c1-11(26-17(28)29-10-12-5-3-2-4-6-12)16(27)13-7-14(18(20,21)22)9-15(8-13)19(23,24)25/h2-9,11H,10H2,1H3,(H,26,28)/t11-/m1/s1. The number of carbonyl (C=O) groups is 2. The summed E-state index contributed by atoms with van der Waals surface area (Å²) in [5, 5.41) is 2.09. The lowest BCUT2D eigenvalue weighted by atomic mass is 9.99. The van der Waals surface area contributed by atoms with Gasteiger partial charge in [-0.25, -0.2) is 4.79 Å². The Kier molecular flexibility index (Phi) is 6.55. The van der Waals surface area contributed by atoms with Crippen molar-refractivity contribution in [3.8, 4) is 0 Å². The summed E-state index contributed by atoms with van der Waals surface area (Å²) in [6.45, 7) is 0.995. The third kappa shape index (κ3) is 6.23. The van der Waals surface area contributed by atoms with E-state index < -0.39 is 47.0 Å². The molecule has 0 radical (unpaired) electrons. The minimum Gasteiger partial charge on any atom is -0.445 e. The van der Waals surface area contributed by atoms with Crippen molar-refractivity contribution < 1.29 is 40.7 Å². The van der Waals surface area contributed by atoms with Crippen LogP contribution in [0, 0.1) is 0 Å². The molecule has 2 aromatic carbocycles. The van der Waals surface area contributed by atoms with Gasteiger partial charge in [-0.3, -0.25) is 4.79 Å². The van der Waals surface area contributed by atoms with Crippen LogP contribution >= 0.6 is 0 Å². The minimum absolute atomic E-state index is 0.0804. The van der Waals surface area contributed by atoms with E-state index in [2.05, 4.69) is 5.32 Å². The van der Waals surface area contributed by atoms with Crippen LogP contribution in [0.25, 0.3) is 0 Å². The number of alkyl carbamates (subject to hydrolysis) is 1. The van der Waals surface area contributed by atoms with Gasteiger partial charge in [-0.2, -0.15) is 26.3 Å². The Hall–Kier alpha value is -3.04. The number of alkyl halides is 6. The van der Waals surface area contributed by atoms with Crippen molar-refractivity contribution in [1.29, 1.82) is 0 Å². The number of rotatable bonds is 5. The van der Waals surface area contributed by atoms with Crippen molar-refractivity contribution in [2.75, 3.05) is 0 Å². The number of nitrogens with one attached hydrogen (secondary N) is 1. The van der Waals surface area contributed by atoms with E-state index in [1.54, 1.807) is 30.3 Å². The van der Waals surface area contributed by atoms with Crippen LogP contribution < -0.4 is 5.32 Å². The van der Waals surface area contributed by atoms with Crippen molar-refractivity contribution in [2.24, 2.45) is 0 Å². The summed E-state index contributed by atoms with van der Waals surface area (Å²) in [5.41, 5.74) is -3.42. The quantitative estimate of drug-likeness (QED) is 0.534. The number of hydrogen-bond acceptors (Lipinski definition) is 3. The van der Waals surface area contributed by atoms with Crippen molar-refractivity contribution >= 4 is 11.9 Å². The number of amides is 1. The summed E-state index contributed by atoms with van der Waals surface area (Å²) in [7, 11) is 0. The molecule has 10 heteroatoms. The first-order valence-corrected chi connectivity index (χ1v) is 8.19.